The summed E-state index contributed by atoms with van der Waals surface area (Å²) in [6, 6.07) is 7.81. The number of hydrogen-bond donors (Lipinski definition) is 3. The van der Waals surface area contributed by atoms with Crippen molar-refractivity contribution in [1.82, 2.24) is 16.0 Å². The van der Waals surface area contributed by atoms with Gasteiger partial charge < -0.3 is 20.7 Å². The summed E-state index contributed by atoms with van der Waals surface area (Å²) in [4.78, 5) is 15.4. The largest absolute Gasteiger partial charge is 0.489 e. The van der Waals surface area contributed by atoms with Crippen molar-refractivity contribution in [3.63, 3.8) is 0 Å². The van der Waals surface area contributed by atoms with Crippen LogP contribution in [0, 0.1) is 0 Å². The van der Waals surface area contributed by atoms with Crippen LogP contribution in [0.3, 0.4) is 0 Å². The lowest BCUT2D eigenvalue weighted by Crippen LogP contribution is -2.41. The van der Waals surface area contributed by atoms with Crippen molar-refractivity contribution in [3.8, 4) is 5.75 Å². The number of para-hydroxylation sites is 1. The van der Waals surface area contributed by atoms with E-state index in [1.807, 2.05) is 31.2 Å². The predicted molar refractivity (Wildman–Crippen MR) is 109 cm³/mol. The van der Waals surface area contributed by atoms with Crippen LogP contribution in [0.5, 0.6) is 5.75 Å². The third kappa shape index (κ3) is 9.39. The minimum absolute atomic E-state index is 0. The van der Waals surface area contributed by atoms with E-state index in [-0.39, 0.29) is 29.9 Å². The van der Waals surface area contributed by atoms with E-state index >= 15 is 0 Å². The molecule has 0 spiro atoms. The van der Waals surface area contributed by atoms with Gasteiger partial charge in [-0.1, -0.05) is 30.9 Å². The lowest BCUT2D eigenvalue weighted by molar-refractivity contribution is -0.118. The van der Waals surface area contributed by atoms with Crippen molar-refractivity contribution < 1.29 is 9.53 Å². The Labute approximate surface area is 161 Å². The Hall–Kier alpha value is -1.77. The molecule has 1 aromatic rings. The Morgan fingerprint density at radius 1 is 1.25 bits per heavy atom. The number of guanidine groups is 1. The van der Waals surface area contributed by atoms with Gasteiger partial charge in [0.2, 0.25) is 5.91 Å². The number of rotatable bonds is 9. The first-order chi connectivity index (χ1) is 11.2. The molecular weight excluding hydrogens is 419 g/mol. The molecule has 0 aromatic heterocycles. The minimum Gasteiger partial charge on any atom is -0.489 e. The summed E-state index contributed by atoms with van der Waals surface area (Å²) in [5.41, 5.74) is 1.01. The molecule has 6 nitrogen and oxygen atoms in total. The molecule has 1 rings (SSSR count). The Morgan fingerprint density at radius 3 is 2.62 bits per heavy atom. The van der Waals surface area contributed by atoms with Crippen molar-refractivity contribution in [2.24, 2.45) is 4.99 Å². The predicted octanol–water partition coefficient (Wildman–Crippen LogP) is 2.06. The van der Waals surface area contributed by atoms with Gasteiger partial charge in [0.05, 0.1) is 6.54 Å². The van der Waals surface area contributed by atoms with Crippen molar-refractivity contribution in [3.05, 3.63) is 42.5 Å². The van der Waals surface area contributed by atoms with E-state index in [0.717, 1.165) is 17.9 Å². The monoisotopic (exact) mass is 446 g/mol. The molecule has 0 aliphatic rings. The zero-order valence-electron chi connectivity index (χ0n) is 14.3. The number of hydrogen-bond acceptors (Lipinski definition) is 3. The molecule has 3 N–H and O–H groups in total. The number of benzene rings is 1. The quantitative estimate of drug-likeness (QED) is 0.179. The molecule has 0 aliphatic heterocycles. The molecule has 1 amide bonds. The highest BCUT2D eigenvalue weighted by atomic mass is 127. The van der Waals surface area contributed by atoms with Gasteiger partial charge in [-0.2, -0.15) is 0 Å². The van der Waals surface area contributed by atoms with E-state index in [2.05, 4.69) is 27.5 Å². The van der Waals surface area contributed by atoms with E-state index in [4.69, 9.17) is 4.74 Å². The number of amides is 1. The van der Waals surface area contributed by atoms with Crippen molar-refractivity contribution in [2.75, 3.05) is 26.2 Å². The summed E-state index contributed by atoms with van der Waals surface area (Å²) in [7, 11) is 0. The summed E-state index contributed by atoms with van der Waals surface area (Å²) < 4.78 is 5.63. The van der Waals surface area contributed by atoms with E-state index < -0.39 is 0 Å². The van der Waals surface area contributed by atoms with Crippen LogP contribution in [-0.2, 0) is 11.3 Å². The normalized spacial score (nSPS) is 10.3. The van der Waals surface area contributed by atoms with Crippen LogP contribution < -0.4 is 20.7 Å². The van der Waals surface area contributed by atoms with Crippen LogP contribution in [0.1, 0.15) is 19.4 Å². The second-order valence-corrected chi connectivity index (χ2v) is 4.81. The highest BCUT2D eigenvalue weighted by Crippen LogP contribution is 2.18. The molecule has 0 bridgehead atoms. The third-order valence-corrected chi connectivity index (χ3v) is 2.87. The van der Waals surface area contributed by atoms with E-state index in [1.165, 1.54) is 6.92 Å². The molecular formula is C17H27IN4O2. The molecule has 0 saturated heterocycles. The van der Waals surface area contributed by atoms with Gasteiger partial charge >= 0.3 is 0 Å². The van der Waals surface area contributed by atoms with Crippen LogP contribution >= 0.6 is 24.0 Å². The van der Waals surface area contributed by atoms with Crippen LogP contribution in [0.15, 0.2) is 41.9 Å². The molecule has 7 heteroatoms. The van der Waals surface area contributed by atoms with Gasteiger partial charge in [-0.05, 0) is 13.0 Å². The molecule has 0 fully saturated rings. The van der Waals surface area contributed by atoms with Gasteiger partial charge in [-0.25, -0.2) is 4.99 Å². The number of carbonyl (C=O) groups excluding carboxylic acids is 1. The number of carbonyl (C=O) groups is 1. The number of nitrogens with one attached hydrogen (secondary N) is 3. The number of nitrogens with zero attached hydrogens (tertiary/aromatic N) is 1. The molecule has 24 heavy (non-hydrogen) atoms. The molecule has 134 valence electrons. The van der Waals surface area contributed by atoms with Crippen molar-refractivity contribution in [2.45, 2.75) is 20.4 Å². The summed E-state index contributed by atoms with van der Waals surface area (Å²) in [6.45, 7) is 10.1. The molecule has 0 saturated carbocycles. The molecule has 0 unspecified atom stereocenters. The van der Waals surface area contributed by atoms with E-state index in [0.29, 0.717) is 32.2 Å². The first-order valence-electron chi connectivity index (χ1n) is 7.75. The summed E-state index contributed by atoms with van der Waals surface area (Å²) in [5, 5.41) is 9.08. The van der Waals surface area contributed by atoms with Gasteiger partial charge in [-0.15, -0.1) is 24.0 Å². The molecule has 1 aromatic carbocycles. The smallest absolute Gasteiger partial charge is 0.216 e. The SMILES string of the molecule is C=CCOc1ccccc1CN=C(NCC)NCCNC(C)=O.I. The molecule has 0 radical (unpaired) electrons. The average Bonchev–Trinajstić information content (AvgIpc) is 2.55. The van der Waals surface area contributed by atoms with Crippen LogP contribution in [-0.4, -0.2) is 38.1 Å². The molecule has 0 heterocycles. The zero-order valence-corrected chi connectivity index (χ0v) is 16.6. The third-order valence-electron chi connectivity index (χ3n) is 2.87. The summed E-state index contributed by atoms with van der Waals surface area (Å²) in [5.74, 6) is 1.48. The van der Waals surface area contributed by atoms with Crippen LogP contribution in [0.2, 0.25) is 0 Å². The Morgan fingerprint density at radius 2 is 1.96 bits per heavy atom. The molecule has 0 atom stereocenters. The van der Waals surface area contributed by atoms with Gasteiger partial charge in [0.1, 0.15) is 12.4 Å². The lowest BCUT2D eigenvalue weighted by Gasteiger charge is -2.12. The van der Waals surface area contributed by atoms with Crippen molar-refractivity contribution >= 4 is 35.8 Å². The highest BCUT2D eigenvalue weighted by Gasteiger charge is 2.03. The second-order valence-electron chi connectivity index (χ2n) is 4.81. The number of ether oxygens (including phenoxy) is 1. The summed E-state index contributed by atoms with van der Waals surface area (Å²) >= 11 is 0. The Bertz CT molecular complexity index is 535. The topological polar surface area (TPSA) is 74.8 Å². The van der Waals surface area contributed by atoms with Gasteiger partial charge in [0.25, 0.3) is 0 Å². The maximum Gasteiger partial charge on any atom is 0.216 e. The Balaban J connectivity index is 0.00000529. The van der Waals surface area contributed by atoms with E-state index in [9.17, 15) is 4.79 Å². The Kier molecular flexibility index (Phi) is 12.6. The fourth-order valence-electron chi connectivity index (χ4n) is 1.85. The van der Waals surface area contributed by atoms with Gasteiger partial charge in [0, 0.05) is 32.1 Å². The standard InChI is InChI=1S/C17H26N4O2.HI/c1-4-12-23-16-9-7-6-8-15(16)13-21-17(18-5-2)20-11-10-19-14(3)22;/h4,6-9H,1,5,10-13H2,2-3H3,(H,19,22)(H2,18,20,21);1H. The van der Waals surface area contributed by atoms with Crippen LogP contribution in [0.25, 0.3) is 0 Å². The van der Waals surface area contributed by atoms with Gasteiger partial charge in [-0.3, -0.25) is 4.79 Å². The number of aliphatic imine (C=N–C) groups is 1. The zero-order chi connectivity index (χ0) is 16.9. The fraction of sp³-hybridized carbons (Fsp3) is 0.412. The summed E-state index contributed by atoms with van der Waals surface area (Å²) in [6.07, 6.45) is 1.72. The lowest BCUT2D eigenvalue weighted by atomic mass is 10.2. The minimum atomic E-state index is -0.0398. The number of halogens is 1. The average molecular weight is 446 g/mol. The maximum absolute atomic E-state index is 10.8. The highest BCUT2D eigenvalue weighted by molar-refractivity contribution is 14.0. The maximum atomic E-state index is 10.8. The first-order valence-corrected chi connectivity index (χ1v) is 7.75. The van der Waals surface area contributed by atoms with Gasteiger partial charge in [0.15, 0.2) is 5.96 Å². The van der Waals surface area contributed by atoms with Crippen molar-refractivity contribution in [1.29, 1.82) is 0 Å². The second kappa shape index (κ2) is 13.6. The van der Waals surface area contributed by atoms with E-state index in [1.54, 1.807) is 6.08 Å². The van der Waals surface area contributed by atoms with Crippen LogP contribution in [0.4, 0.5) is 0 Å². The fourth-order valence-corrected chi connectivity index (χ4v) is 1.85. The molecule has 0 aliphatic carbocycles. The first kappa shape index (κ1) is 22.2.